The van der Waals surface area contributed by atoms with Gasteiger partial charge < -0.3 is 5.32 Å². The first-order chi connectivity index (χ1) is 10.6. The molecule has 1 saturated heterocycles. The molecule has 0 bridgehead atoms. The van der Waals surface area contributed by atoms with Crippen LogP contribution in [0.1, 0.15) is 40.0 Å². The van der Waals surface area contributed by atoms with Gasteiger partial charge in [-0.25, -0.2) is 4.79 Å². The van der Waals surface area contributed by atoms with E-state index in [9.17, 15) is 22.8 Å². The molecule has 0 aromatic carbocycles. The standard InChI is InChI=1S/C15H26F3N3O2/c1-10(2)12-5-4-11(3)6-7-21(12)8-13(22)20-14(23)19-9-15(16,17)18/h10-12H,4-9H2,1-3H3,(H2,19,20,22,23). The maximum Gasteiger partial charge on any atom is 0.405 e. The summed E-state index contributed by atoms with van der Waals surface area (Å²) in [6.07, 6.45) is -1.46. The predicted molar refractivity (Wildman–Crippen MR) is 80.8 cm³/mol. The molecule has 2 atom stereocenters. The molecule has 3 amide bonds. The summed E-state index contributed by atoms with van der Waals surface area (Å²) < 4.78 is 36.0. The summed E-state index contributed by atoms with van der Waals surface area (Å²) in [7, 11) is 0. The summed E-state index contributed by atoms with van der Waals surface area (Å²) in [6, 6.07) is -0.874. The second-order valence-corrected chi connectivity index (χ2v) is 6.60. The van der Waals surface area contributed by atoms with E-state index in [1.807, 2.05) is 10.2 Å². The number of nitrogens with zero attached hydrogens (tertiary/aromatic N) is 1. The average Bonchev–Trinajstić information content (AvgIpc) is 2.58. The van der Waals surface area contributed by atoms with Crippen LogP contribution in [0.25, 0.3) is 0 Å². The highest BCUT2D eigenvalue weighted by Gasteiger charge is 2.29. The van der Waals surface area contributed by atoms with E-state index in [1.54, 1.807) is 5.32 Å². The molecule has 134 valence electrons. The van der Waals surface area contributed by atoms with Gasteiger partial charge in [0.1, 0.15) is 6.54 Å². The number of nitrogens with one attached hydrogen (secondary N) is 2. The number of urea groups is 1. The topological polar surface area (TPSA) is 61.4 Å². The molecule has 1 aliphatic rings. The Bertz CT molecular complexity index is 413. The van der Waals surface area contributed by atoms with Gasteiger partial charge >= 0.3 is 12.2 Å². The van der Waals surface area contributed by atoms with Gasteiger partial charge in [0.25, 0.3) is 0 Å². The minimum absolute atomic E-state index is 0.0228. The fourth-order valence-electron chi connectivity index (χ4n) is 2.86. The first-order valence-electron chi connectivity index (χ1n) is 7.97. The molecule has 0 aromatic rings. The van der Waals surface area contributed by atoms with E-state index in [2.05, 4.69) is 20.8 Å². The van der Waals surface area contributed by atoms with Crippen molar-refractivity contribution in [1.82, 2.24) is 15.5 Å². The molecule has 0 spiro atoms. The molecule has 23 heavy (non-hydrogen) atoms. The maximum atomic E-state index is 12.0. The quantitative estimate of drug-likeness (QED) is 0.829. The van der Waals surface area contributed by atoms with E-state index in [4.69, 9.17) is 0 Å². The molecule has 0 aromatic heterocycles. The maximum absolute atomic E-state index is 12.0. The number of imide groups is 1. The minimum Gasteiger partial charge on any atom is -0.329 e. The van der Waals surface area contributed by atoms with Crippen LogP contribution in [-0.4, -0.2) is 48.7 Å². The number of carbonyl (C=O) groups is 2. The Hall–Kier alpha value is -1.31. The third-order valence-electron chi connectivity index (χ3n) is 4.15. The lowest BCUT2D eigenvalue weighted by Crippen LogP contribution is -2.49. The summed E-state index contributed by atoms with van der Waals surface area (Å²) >= 11 is 0. The average molecular weight is 337 g/mol. The number of hydrogen-bond donors (Lipinski definition) is 2. The van der Waals surface area contributed by atoms with E-state index >= 15 is 0 Å². The smallest absolute Gasteiger partial charge is 0.329 e. The Morgan fingerprint density at radius 1 is 1.22 bits per heavy atom. The van der Waals surface area contributed by atoms with Gasteiger partial charge in [-0.15, -0.1) is 0 Å². The Morgan fingerprint density at radius 2 is 1.87 bits per heavy atom. The Labute approximate surface area is 135 Å². The Morgan fingerprint density at radius 3 is 2.43 bits per heavy atom. The lowest BCUT2D eigenvalue weighted by molar-refractivity contribution is -0.125. The van der Waals surface area contributed by atoms with Crippen molar-refractivity contribution in [3.8, 4) is 0 Å². The lowest BCUT2D eigenvalue weighted by atomic mass is 9.95. The summed E-state index contributed by atoms with van der Waals surface area (Å²) in [6.45, 7) is 5.66. The molecule has 5 nitrogen and oxygen atoms in total. The molecule has 1 heterocycles. The van der Waals surface area contributed by atoms with E-state index < -0.39 is 24.7 Å². The number of amides is 3. The number of rotatable bonds is 4. The van der Waals surface area contributed by atoms with Gasteiger partial charge in [-0.3, -0.25) is 15.0 Å². The summed E-state index contributed by atoms with van der Waals surface area (Å²) in [5.74, 6) is 0.372. The van der Waals surface area contributed by atoms with Gasteiger partial charge in [-0.2, -0.15) is 13.2 Å². The predicted octanol–water partition coefficient (Wildman–Crippen LogP) is 2.52. The highest BCUT2D eigenvalue weighted by Crippen LogP contribution is 2.25. The molecule has 1 fully saturated rings. The molecular formula is C15H26F3N3O2. The van der Waals surface area contributed by atoms with Gasteiger partial charge in [0, 0.05) is 6.04 Å². The fourth-order valence-corrected chi connectivity index (χ4v) is 2.86. The van der Waals surface area contributed by atoms with Crippen LogP contribution >= 0.6 is 0 Å². The number of hydrogen-bond acceptors (Lipinski definition) is 3. The molecule has 2 N–H and O–H groups in total. The van der Waals surface area contributed by atoms with Crippen LogP contribution < -0.4 is 10.6 Å². The van der Waals surface area contributed by atoms with Gasteiger partial charge in [-0.1, -0.05) is 20.8 Å². The summed E-state index contributed by atoms with van der Waals surface area (Å²) in [5.41, 5.74) is 0. The summed E-state index contributed by atoms with van der Waals surface area (Å²) in [4.78, 5) is 25.3. The molecule has 2 unspecified atom stereocenters. The van der Waals surface area contributed by atoms with Crippen LogP contribution in [0, 0.1) is 11.8 Å². The normalized spacial score (nSPS) is 23.4. The largest absolute Gasteiger partial charge is 0.405 e. The second-order valence-electron chi connectivity index (χ2n) is 6.60. The number of halogens is 3. The van der Waals surface area contributed by atoms with Crippen molar-refractivity contribution in [1.29, 1.82) is 0 Å². The van der Waals surface area contributed by atoms with Gasteiger partial charge in [0.15, 0.2) is 0 Å². The van der Waals surface area contributed by atoms with Gasteiger partial charge in [0.05, 0.1) is 6.54 Å². The van der Waals surface area contributed by atoms with E-state index in [-0.39, 0.29) is 12.6 Å². The molecule has 0 aliphatic carbocycles. The lowest BCUT2D eigenvalue weighted by Gasteiger charge is -2.32. The third kappa shape index (κ3) is 7.67. The van der Waals surface area contributed by atoms with Crippen LogP contribution in [0.4, 0.5) is 18.0 Å². The molecule has 0 radical (unpaired) electrons. The third-order valence-corrected chi connectivity index (χ3v) is 4.15. The first kappa shape index (κ1) is 19.7. The van der Waals surface area contributed by atoms with Crippen LogP contribution in [0.2, 0.25) is 0 Å². The second kappa shape index (κ2) is 8.52. The van der Waals surface area contributed by atoms with Gasteiger partial charge in [-0.05, 0) is 37.6 Å². The number of carbonyl (C=O) groups excluding carboxylic acids is 2. The van der Waals surface area contributed by atoms with Crippen LogP contribution in [0.15, 0.2) is 0 Å². The zero-order valence-electron chi connectivity index (χ0n) is 13.9. The van der Waals surface area contributed by atoms with E-state index in [0.717, 1.165) is 25.8 Å². The number of likely N-dealkylation sites (tertiary alicyclic amines) is 1. The highest BCUT2D eigenvalue weighted by atomic mass is 19.4. The van der Waals surface area contributed by atoms with Crippen molar-refractivity contribution >= 4 is 11.9 Å². The van der Waals surface area contributed by atoms with E-state index in [0.29, 0.717) is 11.8 Å². The number of alkyl halides is 3. The van der Waals surface area contributed by atoms with E-state index in [1.165, 1.54) is 0 Å². The first-order valence-corrected chi connectivity index (χ1v) is 7.97. The van der Waals surface area contributed by atoms with Crippen molar-refractivity contribution in [3.05, 3.63) is 0 Å². The molecular weight excluding hydrogens is 311 g/mol. The van der Waals surface area contributed by atoms with Crippen LogP contribution in [-0.2, 0) is 4.79 Å². The van der Waals surface area contributed by atoms with Crippen LogP contribution in [0.3, 0.4) is 0 Å². The minimum atomic E-state index is -4.50. The Kier molecular flexibility index (Phi) is 7.31. The molecule has 0 saturated carbocycles. The van der Waals surface area contributed by atoms with Crippen LogP contribution in [0.5, 0.6) is 0 Å². The highest BCUT2D eigenvalue weighted by molar-refractivity contribution is 5.95. The van der Waals surface area contributed by atoms with Crippen molar-refractivity contribution in [2.24, 2.45) is 11.8 Å². The zero-order valence-corrected chi connectivity index (χ0v) is 13.9. The molecule has 1 rings (SSSR count). The SMILES string of the molecule is CC1CCC(C(C)C)N(CC(=O)NC(=O)NCC(F)(F)F)CC1. The van der Waals surface area contributed by atoms with Crippen molar-refractivity contribution in [2.45, 2.75) is 52.3 Å². The van der Waals surface area contributed by atoms with Gasteiger partial charge in [0.2, 0.25) is 5.91 Å². The Balaban J connectivity index is 2.51. The molecule has 8 heteroatoms. The summed E-state index contributed by atoms with van der Waals surface area (Å²) in [5, 5.41) is 3.59. The van der Waals surface area contributed by atoms with Crippen molar-refractivity contribution < 1.29 is 22.8 Å². The fraction of sp³-hybridized carbons (Fsp3) is 0.867. The molecule has 1 aliphatic heterocycles. The monoisotopic (exact) mass is 337 g/mol. The van der Waals surface area contributed by atoms with Crippen molar-refractivity contribution in [2.75, 3.05) is 19.6 Å². The zero-order chi connectivity index (χ0) is 17.6. The van der Waals surface area contributed by atoms with Crippen molar-refractivity contribution in [3.63, 3.8) is 0 Å².